The second-order valence-corrected chi connectivity index (χ2v) is 8.38. The lowest BCUT2D eigenvalue weighted by Crippen LogP contribution is -2.34. The first-order valence-corrected chi connectivity index (χ1v) is 10.7. The van der Waals surface area contributed by atoms with E-state index in [2.05, 4.69) is 41.3 Å². The van der Waals surface area contributed by atoms with Gasteiger partial charge in [0.05, 0.1) is 16.3 Å². The van der Waals surface area contributed by atoms with E-state index < -0.39 is 0 Å². The molecular weight excluding hydrogens is 356 g/mol. The number of phenols is 1. The smallest absolute Gasteiger partial charge is 0.183 e. The maximum Gasteiger partial charge on any atom is 0.183 e. The Morgan fingerprint density at radius 3 is 2.70 bits per heavy atom. The number of thiazole rings is 1. The number of likely N-dealkylation sites (tertiary alicyclic amines) is 1. The first kappa shape index (κ1) is 18.3. The number of aromatic hydroxyl groups is 1. The number of piperidine rings is 1. The number of benzene rings is 1. The minimum absolute atomic E-state index is 0.0592. The van der Waals surface area contributed by atoms with Crippen LogP contribution in [0, 0.1) is 13.8 Å². The molecule has 1 aromatic carbocycles. The Morgan fingerprint density at radius 2 is 2.04 bits per heavy atom. The van der Waals surface area contributed by atoms with E-state index in [0.717, 1.165) is 51.7 Å². The summed E-state index contributed by atoms with van der Waals surface area (Å²) in [6, 6.07) is 2.19. The summed E-state index contributed by atoms with van der Waals surface area (Å²) < 4.78 is 1.08. The number of nitrogens with one attached hydrogen (secondary N) is 2. The zero-order chi connectivity index (χ0) is 19.0. The van der Waals surface area contributed by atoms with E-state index in [1.165, 1.54) is 24.8 Å². The quantitative estimate of drug-likeness (QED) is 0.582. The highest BCUT2D eigenvalue weighted by Crippen LogP contribution is 2.45. The Kier molecular flexibility index (Phi) is 5.10. The van der Waals surface area contributed by atoms with Crippen LogP contribution in [-0.4, -0.2) is 39.6 Å². The van der Waals surface area contributed by atoms with Crippen LogP contribution in [0.15, 0.2) is 18.5 Å². The monoisotopic (exact) mass is 384 g/mol. The number of rotatable bonds is 5. The Hall–Kier alpha value is -2.05. The van der Waals surface area contributed by atoms with Crippen LogP contribution in [0.3, 0.4) is 0 Å². The topological polar surface area (TPSA) is 64.2 Å². The van der Waals surface area contributed by atoms with E-state index in [4.69, 9.17) is 4.98 Å². The van der Waals surface area contributed by atoms with Crippen molar-refractivity contribution in [2.24, 2.45) is 0 Å². The molecule has 1 aliphatic heterocycles. The molecule has 144 valence electrons. The number of aromatic amines is 1. The van der Waals surface area contributed by atoms with Crippen molar-refractivity contribution in [1.29, 1.82) is 0 Å². The molecule has 1 atom stereocenters. The predicted molar refractivity (Wildman–Crippen MR) is 113 cm³/mol. The number of hydrogen-bond acceptors (Lipinski definition) is 5. The minimum Gasteiger partial charge on any atom is -0.507 e. The molecule has 3 N–H and O–H groups in total. The average Bonchev–Trinajstić information content (AvgIpc) is 3.35. The van der Waals surface area contributed by atoms with Crippen molar-refractivity contribution >= 4 is 26.7 Å². The van der Waals surface area contributed by atoms with Gasteiger partial charge >= 0.3 is 0 Å². The second kappa shape index (κ2) is 7.52. The van der Waals surface area contributed by atoms with Crippen LogP contribution in [-0.2, 0) is 0 Å². The molecule has 0 amide bonds. The van der Waals surface area contributed by atoms with Gasteiger partial charge in [0.15, 0.2) is 5.13 Å². The molecule has 0 radical (unpaired) electrons. The summed E-state index contributed by atoms with van der Waals surface area (Å²) in [6.07, 6.45) is 7.74. The molecule has 2 aromatic heterocycles. The minimum atomic E-state index is 0.0592. The van der Waals surface area contributed by atoms with Gasteiger partial charge in [-0.2, -0.15) is 0 Å². The normalized spacial score (nSPS) is 16.7. The zero-order valence-electron chi connectivity index (χ0n) is 16.3. The summed E-state index contributed by atoms with van der Waals surface area (Å²) in [5.74, 6) is 0.420. The van der Waals surface area contributed by atoms with Crippen LogP contribution in [0.4, 0.5) is 5.13 Å². The van der Waals surface area contributed by atoms with E-state index in [-0.39, 0.29) is 6.04 Å². The Labute approximate surface area is 164 Å². The molecule has 0 bridgehead atoms. The molecule has 5 nitrogen and oxygen atoms in total. The number of aromatic nitrogens is 2. The third-order valence-electron chi connectivity index (χ3n) is 5.63. The van der Waals surface area contributed by atoms with Crippen molar-refractivity contribution in [3.63, 3.8) is 0 Å². The molecule has 4 rings (SSSR count). The van der Waals surface area contributed by atoms with Crippen LogP contribution >= 0.6 is 11.3 Å². The Morgan fingerprint density at radius 1 is 1.26 bits per heavy atom. The number of hydrogen-bond donors (Lipinski definition) is 3. The highest BCUT2D eigenvalue weighted by Gasteiger charge is 2.30. The van der Waals surface area contributed by atoms with E-state index in [0.29, 0.717) is 5.75 Å². The first-order valence-electron chi connectivity index (χ1n) is 9.85. The lowest BCUT2D eigenvalue weighted by atomic mass is 9.90. The summed E-state index contributed by atoms with van der Waals surface area (Å²) in [7, 11) is 0. The van der Waals surface area contributed by atoms with Gasteiger partial charge in [-0.1, -0.05) is 17.8 Å². The molecule has 3 aromatic rings. The summed E-state index contributed by atoms with van der Waals surface area (Å²) in [4.78, 5) is 10.6. The third-order valence-corrected chi connectivity index (χ3v) is 6.76. The lowest BCUT2D eigenvalue weighted by Gasteiger charge is -2.36. The van der Waals surface area contributed by atoms with Gasteiger partial charge in [0.25, 0.3) is 0 Å². The highest BCUT2D eigenvalue weighted by molar-refractivity contribution is 7.22. The Balaban J connectivity index is 1.91. The number of phenolic OH excluding ortho intramolecular Hbond substituents is 1. The predicted octanol–water partition coefficient (Wildman–Crippen LogP) is 4.95. The molecular formula is C21H28N4OS. The van der Waals surface area contributed by atoms with Crippen molar-refractivity contribution in [2.45, 2.75) is 46.1 Å². The van der Waals surface area contributed by atoms with E-state index in [1.54, 1.807) is 11.3 Å². The zero-order valence-corrected chi connectivity index (χ0v) is 17.1. The Bertz CT molecular complexity index is 926. The van der Waals surface area contributed by atoms with Gasteiger partial charge in [-0.05, 0) is 63.9 Å². The van der Waals surface area contributed by atoms with Crippen molar-refractivity contribution in [2.75, 3.05) is 25.0 Å². The molecule has 6 heteroatoms. The maximum atomic E-state index is 11.2. The lowest BCUT2D eigenvalue weighted by molar-refractivity contribution is 0.184. The number of H-pyrrole nitrogens is 1. The fraction of sp³-hybridized carbons (Fsp3) is 0.476. The van der Waals surface area contributed by atoms with Crippen LogP contribution in [0.25, 0.3) is 10.2 Å². The van der Waals surface area contributed by atoms with Crippen LogP contribution in [0.5, 0.6) is 5.75 Å². The van der Waals surface area contributed by atoms with Gasteiger partial charge < -0.3 is 15.4 Å². The van der Waals surface area contributed by atoms with Crippen molar-refractivity contribution < 1.29 is 5.11 Å². The van der Waals surface area contributed by atoms with Gasteiger partial charge in [-0.25, -0.2) is 4.98 Å². The van der Waals surface area contributed by atoms with E-state index in [9.17, 15) is 5.11 Å². The SMILES string of the molecule is CCNc1nc2c(C)c(C(c3cc[nH]c3)N3CCCCC3)c(O)c(C)c2s1. The van der Waals surface area contributed by atoms with Crippen LogP contribution in [0.2, 0.25) is 0 Å². The van der Waals surface area contributed by atoms with Crippen LogP contribution < -0.4 is 5.32 Å². The molecule has 0 aliphatic carbocycles. The molecule has 1 saturated heterocycles. The molecule has 1 fully saturated rings. The van der Waals surface area contributed by atoms with Crippen molar-refractivity contribution in [3.8, 4) is 5.75 Å². The average molecular weight is 385 g/mol. The molecule has 0 spiro atoms. The molecule has 27 heavy (non-hydrogen) atoms. The highest BCUT2D eigenvalue weighted by atomic mass is 32.1. The first-order chi connectivity index (χ1) is 13.1. The number of anilines is 1. The van der Waals surface area contributed by atoms with Gasteiger partial charge in [-0.3, -0.25) is 4.90 Å². The fourth-order valence-electron chi connectivity index (χ4n) is 4.25. The van der Waals surface area contributed by atoms with Gasteiger partial charge in [0, 0.05) is 30.1 Å². The summed E-state index contributed by atoms with van der Waals surface area (Å²) in [5, 5.41) is 15.5. The van der Waals surface area contributed by atoms with Gasteiger partial charge in [-0.15, -0.1) is 0 Å². The standard InChI is InChI=1S/C21H28N4OS/c1-4-23-21-24-17-13(2)16(19(26)14(3)20(17)27-21)18(15-8-9-22-12-15)25-10-6-5-7-11-25/h8-9,12,18,22,26H,4-7,10-11H2,1-3H3,(H,23,24). The maximum absolute atomic E-state index is 11.2. The molecule has 1 unspecified atom stereocenters. The van der Waals surface area contributed by atoms with E-state index >= 15 is 0 Å². The van der Waals surface area contributed by atoms with Gasteiger partial charge in [0.2, 0.25) is 0 Å². The number of aryl methyl sites for hydroxylation is 2. The van der Waals surface area contributed by atoms with Crippen molar-refractivity contribution in [1.82, 2.24) is 14.9 Å². The summed E-state index contributed by atoms with van der Waals surface area (Å²) >= 11 is 1.63. The largest absolute Gasteiger partial charge is 0.507 e. The van der Waals surface area contributed by atoms with E-state index in [1.807, 2.05) is 13.1 Å². The van der Waals surface area contributed by atoms with Crippen molar-refractivity contribution in [3.05, 3.63) is 40.7 Å². The summed E-state index contributed by atoms with van der Waals surface area (Å²) in [6.45, 7) is 9.16. The molecule has 0 saturated carbocycles. The fourth-order valence-corrected chi connectivity index (χ4v) is 5.34. The molecule has 3 heterocycles. The number of nitrogens with zero attached hydrogens (tertiary/aromatic N) is 2. The molecule has 1 aliphatic rings. The summed E-state index contributed by atoms with van der Waals surface area (Å²) in [5.41, 5.74) is 5.25. The second-order valence-electron chi connectivity index (χ2n) is 7.38. The number of fused-ring (bicyclic) bond motifs is 1. The van der Waals surface area contributed by atoms with Gasteiger partial charge in [0.1, 0.15) is 5.75 Å². The third kappa shape index (κ3) is 3.21. The van der Waals surface area contributed by atoms with Crippen LogP contribution in [0.1, 0.15) is 54.5 Å².